The molecule has 4 heteroatoms. The number of alkyl halides is 2. The zero-order chi connectivity index (χ0) is 12.5. The van der Waals surface area contributed by atoms with Crippen molar-refractivity contribution < 1.29 is 19.0 Å². The molecule has 2 N–H and O–H groups in total. The van der Waals surface area contributed by atoms with Gasteiger partial charge in [-0.1, -0.05) is 19.9 Å². The summed E-state index contributed by atoms with van der Waals surface area (Å²) in [5, 5.41) is 19.4. The van der Waals surface area contributed by atoms with Crippen molar-refractivity contribution in [2.24, 2.45) is 17.8 Å². The second kappa shape index (κ2) is 4.80. The molecule has 0 heterocycles. The highest BCUT2D eigenvalue weighted by Gasteiger charge is 2.47. The number of allylic oxidation sites excluding steroid dienone is 1. The first kappa shape index (κ1) is 13.6. The molecule has 1 saturated carbocycles. The normalized spacial score (nSPS) is 39.4. The highest BCUT2D eigenvalue weighted by atomic mass is 19.3. The van der Waals surface area contributed by atoms with Crippen molar-refractivity contribution in [3.05, 3.63) is 12.7 Å². The minimum absolute atomic E-state index is 0.0565. The Morgan fingerprint density at radius 3 is 2.38 bits per heavy atom. The summed E-state index contributed by atoms with van der Waals surface area (Å²) in [5.74, 6) is -4.20. The lowest BCUT2D eigenvalue weighted by molar-refractivity contribution is -0.0855. The molecule has 0 aromatic rings. The average molecular weight is 234 g/mol. The Labute approximate surface area is 95.0 Å². The number of halogens is 2. The Balaban J connectivity index is 2.97. The van der Waals surface area contributed by atoms with Crippen molar-refractivity contribution in [2.45, 2.75) is 44.8 Å². The first-order valence-corrected chi connectivity index (χ1v) is 5.66. The molecule has 0 aliphatic heterocycles. The maximum atomic E-state index is 13.6. The Kier molecular flexibility index (Phi) is 4.07. The van der Waals surface area contributed by atoms with E-state index in [0.29, 0.717) is 0 Å². The van der Waals surface area contributed by atoms with E-state index in [9.17, 15) is 19.0 Å². The molecule has 0 bridgehead atoms. The van der Waals surface area contributed by atoms with Gasteiger partial charge < -0.3 is 10.2 Å². The second-order valence-corrected chi connectivity index (χ2v) is 5.01. The predicted molar refractivity (Wildman–Crippen MR) is 58.2 cm³/mol. The standard InChI is InChI=1S/C12H20F2O2/c1-4-8-5-9(7(2)3)11(16)10(15)6-12(8,13)14/h4,7-11,15-16H,1,5-6H2,2-3H3/t8-,9-,10-,11-/m0/s1. The fourth-order valence-electron chi connectivity index (χ4n) is 2.38. The monoisotopic (exact) mass is 234 g/mol. The van der Waals surface area contributed by atoms with Gasteiger partial charge in [-0.2, -0.15) is 0 Å². The highest BCUT2D eigenvalue weighted by molar-refractivity contribution is 4.98. The lowest BCUT2D eigenvalue weighted by Gasteiger charge is -2.27. The van der Waals surface area contributed by atoms with Crippen LogP contribution < -0.4 is 0 Å². The molecule has 0 aromatic heterocycles. The van der Waals surface area contributed by atoms with Crippen LogP contribution in [0.25, 0.3) is 0 Å². The third-order valence-corrected chi connectivity index (χ3v) is 3.52. The summed E-state index contributed by atoms with van der Waals surface area (Å²) in [6, 6.07) is 0. The molecular weight excluding hydrogens is 214 g/mol. The molecule has 1 rings (SSSR count). The fraction of sp³-hybridized carbons (Fsp3) is 0.833. The van der Waals surface area contributed by atoms with Crippen molar-refractivity contribution in [1.82, 2.24) is 0 Å². The van der Waals surface area contributed by atoms with Gasteiger partial charge in [0.05, 0.1) is 12.2 Å². The van der Waals surface area contributed by atoms with E-state index in [2.05, 4.69) is 6.58 Å². The number of aliphatic hydroxyl groups is 2. The van der Waals surface area contributed by atoms with Crippen LogP contribution in [0.4, 0.5) is 8.78 Å². The van der Waals surface area contributed by atoms with Crippen LogP contribution in [0.1, 0.15) is 26.7 Å². The van der Waals surface area contributed by atoms with Crippen LogP contribution in [0, 0.1) is 17.8 Å². The number of rotatable bonds is 2. The first-order valence-electron chi connectivity index (χ1n) is 5.66. The minimum Gasteiger partial charge on any atom is -0.390 e. The van der Waals surface area contributed by atoms with E-state index in [1.165, 1.54) is 6.08 Å². The summed E-state index contributed by atoms with van der Waals surface area (Å²) >= 11 is 0. The molecule has 4 atom stereocenters. The average Bonchev–Trinajstić information content (AvgIpc) is 2.23. The molecule has 1 aliphatic carbocycles. The summed E-state index contributed by atoms with van der Waals surface area (Å²) < 4.78 is 27.3. The van der Waals surface area contributed by atoms with Crippen LogP contribution in [0.15, 0.2) is 12.7 Å². The molecule has 1 fully saturated rings. The number of aliphatic hydroxyl groups excluding tert-OH is 2. The molecule has 0 aromatic carbocycles. The van der Waals surface area contributed by atoms with Gasteiger partial charge in [0.1, 0.15) is 0 Å². The van der Waals surface area contributed by atoms with Crippen molar-refractivity contribution in [3.63, 3.8) is 0 Å². The molecule has 16 heavy (non-hydrogen) atoms. The van der Waals surface area contributed by atoms with E-state index in [1.807, 2.05) is 13.8 Å². The van der Waals surface area contributed by atoms with Gasteiger partial charge in [-0.3, -0.25) is 0 Å². The molecule has 2 nitrogen and oxygen atoms in total. The maximum absolute atomic E-state index is 13.6. The SMILES string of the molecule is C=C[C@H]1C[C@@H](C(C)C)[C@H](O)[C@@H](O)CC1(F)F. The van der Waals surface area contributed by atoms with E-state index in [-0.39, 0.29) is 18.3 Å². The highest BCUT2D eigenvalue weighted by Crippen LogP contribution is 2.42. The molecule has 0 spiro atoms. The maximum Gasteiger partial charge on any atom is 0.256 e. The molecular formula is C12H20F2O2. The number of hydrogen-bond donors (Lipinski definition) is 2. The molecule has 1 aliphatic rings. The van der Waals surface area contributed by atoms with Crippen molar-refractivity contribution in [3.8, 4) is 0 Å². The van der Waals surface area contributed by atoms with E-state index >= 15 is 0 Å². The van der Waals surface area contributed by atoms with Crippen LogP contribution in [0.5, 0.6) is 0 Å². The van der Waals surface area contributed by atoms with Gasteiger partial charge in [0.25, 0.3) is 5.92 Å². The summed E-state index contributed by atoms with van der Waals surface area (Å²) in [6.07, 6.45) is -1.70. The fourth-order valence-corrected chi connectivity index (χ4v) is 2.38. The lowest BCUT2D eigenvalue weighted by atomic mass is 9.82. The third-order valence-electron chi connectivity index (χ3n) is 3.52. The first-order chi connectivity index (χ1) is 7.29. The minimum atomic E-state index is -2.98. The van der Waals surface area contributed by atoms with Crippen LogP contribution in [0.2, 0.25) is 0 Å². The molecule has 0 amide bonds. The third kappa shape index (κ3) is 2.61. The van der Waals surface area contributed by atoms with Gasteiger partial charge >= 0.3 is 0 Å². The Bertz CT molecular complexity index is 253. The van der Waals surface area contributed by atoms with Gasteiger partial charge in [0, 0.05) is 12.3 Å². The van der Waals surface area contributed by atoms with Crippen LogP contribution in [0.3, 0.4) is 0 Å². The molecule has 94 valence electrons. The molecule has 0 radical (unpaired) electrons. The summed E-state index contributed by atoms with van der Waals surface area (Å²) in [6.45, 7) is 7.15. The van der Waals surface area contributed by atoms with Crippen LogP contribution in [-0.4, -0.2) is 28.3 Å². The zero-order valence-electron chi connectivity index (χ0n) is 9.74. The Morgan fingerprint density at radius 2 is 1.94 bits per heavy atom. The van der Waals surface area contributed by atoms with Gasteiger partial charge in [-0.25, -0.2) is 8.78 Å². The summed E-state index contributed by atoms with van der Waals surface area (Å²) in [4.78, 5) is 0. The quantitative estimate of drug-likeness (QED) is 0.568. The van der Waals surface area contributed by atoms with Crippen LogP contribution >= 0.6 is 0 Å². The van der Waals surface area contributed by atoms with E-state index in [0.717, 1.165) is 0 Å². The van der Waals surface area contributed by atoms with Gasteiger partial charge in [-0.05, 0) is 18.3 Å². The summed E-state index contributed by atoms with van der Waals surface area (Å²) in [5.41, 5.74) is 0. The van der Waals surface area contributed by atoms with Crippen LogP contribution in [-0.2, 0) is 0 Å². The van der Waals surface area contributed by atoms with Crippen molar-refractivity contribution in [2.75, 3.05) is 0 Å². The molecule has 0 unspecified atom stereocenters. The van der Waals surface area contributed by atoms with Gasteiger partial charge in [0.2, 0.25) is 0 Å². The van der Waals surface area contributed by atoms with E-state index in [4.69, 9.17) is 0 Å². The van der Waals surface area contributed by atoms with Gasteiger partial charge in [-0.15, -0.1) is 6.58 Å². The topological polar surface area (TPSA) is 40.5 Å². The largest absolute Gasteiger partial charge is 0.390 e. The van der Waals surface area contributed by atoms with Crippen molar-refractivity contribution in [1.29, 1.82) is 0 Å². The van der Waals surface area contributed by atoms with Crippen molar-refractivity contribution >= 4 is 0 Å². The molecule has 0 saturated heterocycles. The van der Waals surface area contributed by atoms with E-state index in [1.54, 1.807) is 0 Å². The Hall–Kier alpha value is -0.480. The summed E-state index contributed by atoms with van der Waals surface area (Å²) in [7, 11) is 0. The smallest absolute Gasteiger partial charge is 0.256 e. The zero-order valence-corrected chi connectivity index (χ0v) is 9.74. The second-order valence-electron chi connectivity index (χ2n) is 5.01. The van der Waals surface area contributed by atoms with E-state index < -0.39 is 30.5 Å². The predicted octanol–water partition coefficient (Wildman–Crippen LogP) is 2.21. The Morgan fingerprint density at radius 1 is 1.38 bits per heavy atom. The number of hydrogen-bond acceptors (Lipinski definition) is 2. The lowest BCUT2D eigenvalue weighted by Crippen LogP contribution is -2.35. The van der Waals surface area contributed by atoms with Gasteiger partial charge in [0.15, 0.2) is 0 Å².